The van der Waals surface area contributed by atoms with E-state index in [0.717, 1.165) is 17.0 Å². The van der Waals surface area contributed by atoms with Gasteiger partial charge in [-0.05, 0) is 12.5 Å². The van der Waals surface area contributed by atoms with Crippen LogP contribution < -0.4 is 10.1 Å². The summed E-state index contributed by atoms with van der Waals surface area (Å²) in [6, 6.07) is 14.9. The molecule has 0 fully saturated rings. The molecule has 0 bridgehead atoms. The first-order chi connectivity index (χ1) is 14.7. The highest BCUT2D eigenvalue weighted by molar-refractivity contribution is 5.95. The summed E-state index contributed by atoms with van der Waals surface area (Å²) < 4.78 is 12.0. The Hall–Kier alpha value is -4.01. The van der Waals surface area contributed by atoms with Crippen LogP contribution in [0.2, 0.25) is 0 Å². The van der Waals surface area contributed by atoms with Gasteiger partial charge in [0.2, 0.25) is 5.88 Å². The van der Waals surface area contributed by atoms with Crippen molar-refractivity contribution in [3.63, 3.8) is 0 Å². The van der Waals surface area contributed by atoms with Crippen LogP contribution >= 0.6 is 0 Å². The van der Waals surface area contributed by atoms with Gasteiger partial charge in [-0.3, -0.25) is 4.79 Å². The highest BCUT2D eigenvalue weighted by Gasteiger charge is 2.18. The molecule has 1 N–H and O–H groups in total. The van der Waals surface area contributed by atoms with Crippen LogP contribution in [0.1, 0.15) is 28.7 Å². The first-order valence-electron chi connectivity index (χ1n) is 9.43. The second-order valence-corrected chi connectivity index (χ2v) is 6.43. The molecule has 30 heavy (non-hydrogen) atoms. The summed E-state index contributed by atoms with van der Waals surface area (Å²) in [5.41, 5.74) is 2.88. The van der Waals surface area contributed by atoms with E-state index < -0.39 is 0 Å². The number of nitrogens with one attached hydrogen (secondary N) is 1. The molecule has 1 aromatic carbocycles. The number of ether oxygens (including phenoxy) is 1. The van der Waals surface area contributed by atoms with Crippen molar-refractivity contribution >= 4 is 5.91 Å². The van der Waals surface area contributed by atoms with Crippen molar-refractivity contribution in [1.82, 2.24) is 30.5 Å². The molecule has 3 aromatic heterocycles. The van der Waals surface area contributed by atoms with Gasteiger partial charge in [-0.1, -0.05) is 42.4 Å². The van der Waals surface area contributed by atoms with E-state index in [2.05, 4.69) is 25.8 Å². The molecule has 0 unspecified atom stereocenters. The average Bonchev–Trinajstić information content (AvgIpc) is 3.45. The van der Waals surface area contributed by atoms with Crippen molar-refractivity contribution in [3.8, 4) is 23.0 Å². The fraction of sp³-hybridized carbons (Fsp3) is 0.190. The lowest BCUT2D eigenvalue weighted by Crippen LogP contribution is -2.23. The molecule has 0 spiro atoms. The number of hydrogen-bond donors (Lipinski definition) is 1. The maximum Gasteiger partial charge on any atom is 0.255 e. The van der Waals surface area contributed by atoms with E-state index in [-0.39, 0.29) is 12.5 Å². The predicted octanol–water partition coefficient (Wildman–Crippen LogP) is 2.82. The Balaban J connectivity index is 1.47. The molecule has 1 amide bonds. The maximum atomic E-state index is 12.7. The predicted molar refractivity (Wildman–Crippen MR) is 108 cm³/mol. The number of methoxy groups -OCH3 is 1. The molecule has 4 aromatic rings. The summed E-state index contributed by atoms with van der Waals surface area (Å²) in [4.78, 5) is 12.7. The van der Waals surface area contributed by atoms with Gasteiger partial charge in [0.05, 0.1) is 31.1 Å². The van der Waals surface area contributed by atoms with Gasteiger partial charge in [0.1, 0.15) is 5.69 Å². The third kappa shape index (κ3) is 3.90. The van der Waals surface area contributed by atoms with Crippen LogP contribution in [0, 0.1) is 0 Å². The van der Waals surface area contributed by atoms with E-state index >= 15 is 0 Å². The number of aromatic nitrogens is 5. The number of benzene rings is 1. The zero-order valence-electron chi connectivity index (χ0n) is 16.6. The Morgan fingerprint density at radius 1 is 1.17 bits per heavy atom. The maximum absolute atomic E-state index is 12.7. The second-order valence-electron chi connectivity index (χ2n) is 6.43. The van der Waals surface area contributed by atoms with E-state index in [1.807, 2.05) is 43.3 Å². The Labute approximate surface area is 172 Å². The molecular weight excluding hydrogens is 384 g/mol. The minimum absolute atomic E-state index is 0.218. The lowest BCUT2D eigenvalue weighted by molar-refractivity contribution is 0.0946. The number of carbonyl (C=O) groups excluding carboxylic acids is 1. The zero-order chi connectivity index (χ0) is 20.9. The van der Waals surface area contributed by atoms with Gasteiger partial charge >= 0.3 is 0 Å². The van der Waals surface area contributed by atoms with E-state index in [9.17, 15) is 4.79 Å². The van der Waals surface area contributed by atoms with Crippen LogP contribution in [0.3, 0.4) is 0 Å². The fourth-order valence-corrected chi connectivity index (χ4v) is 3.04. The van der Waals surface area contributed by atoms with Crippen LogP contribution in [0.5, 0.6) is 5.88 Å². The average molecular weight is 404 g/mol. The molecule has 152 valence electrons. The molecule has 0 saturated heterocycles. The Morgan fingerprint density at radius 3 is 2.70 bits per heavy atom. The fourth-order valence-electron chi connectivity index (χ4n) is 3.04. The van der Waals surface area contributed by atoms with Gasteiger partial charge < -0.3 is 14.6 Å². The molecule has 0 atom stereocenters. The number of rotatable bonds is 7. The second kappa shape index (κ2) is 8.56. The summed E-state index contributed by atoms with van der Waals surface area (Å²) >= 11 is 0. The molecule has 9 heteroatoms. The van der Waals surface area contributed by atoms with E-state index in [1.54, 1.807) is 16.8 Å². The van der Waals surface area contributed by atoms with Crippen molar-refractivity contribution in [2.75, 3.05) is 7.11 Å². The molecule has 0 saturated carbocycles. The standard InChI is InChI=1S/C21H20N6O3/c1-3-18-16(13-23-27(18)19-9-10-20(29-2)25-24-19)21(28)22-12-15-11-17(26-30-15)14-7-5-4-6-8-14/h4-11,13H,3,12H2,1-2H3,(H,22,28). The van der Waals surface area contributed by atoms with Crippen molar-refractivity contribution in [3.05, 3.63) is 71.7 Å². The molecule has 0 radical (unpaired) electrons. The summed E-state index contributed by atoms with van der Waals surface area (Å²) in [6.45, 7) is 2.17. The van der Waals surface area contributed by atoms with Gasteiger partial charge in [-0.25, -0.2) is 4.68 Å². The first kappa shape index (κ1) is 19.3. The number of amides is 1. The van der Waals surface area contributed by atoms with Crippen molar-refractivity contribution in [2.24, 2.45) is 0 Å². The first-order valence-corrected chi connectivity index (χ1v) is 9.43. The zero-order valence-corrected chi connectivity index (χ0v) is 16.6. The topological polar surface area (TPSA) is 108 Å². The molecular formula is C21H20N6O3. The normalized spacial score (nSPS) is 10.7. The molecule has 9 nitrogen and oxygen atoms in total. The van der Waals surface area contributed by atoms with E-state index in [4.69, 9.17) is 9.26 Å². The number of nitrogens with zero attached hydrogens (tertiary/aromatic N) is 5. The van der Waals surface area contributed by atoms with Crippen molar-refractivity contribution in [1.29, 1.82) is 0 Å². The van der Waals surface area contributed by atoms with Crippen LogP contribution in [-0.4, -0.2) is 38.2 Å². The molecule has 0 aliphatic heterocycles. The number of carbonyl (C=O) groups is 1. The highest BCUT2D eigenvalue weighted by Crippen LogP contribution is 2.19. The minimum atomic E-state index is -0.253. The Bertz CT molecular complexity index is 1140. The summed E-state index contributed by atoms with van der Waals surface area (Å²) in [5.74, 6) is 1.23. The van der Waals surface area contributed by atoms with Gasteiger partial charge in [-0.2, -0.15) is 5.10 Å². The van der Waals surface area contributed by atoms with Crippen LogP contribution in [0.15, 0.2) is 59.3 Å². The summed E-state index contributed by atoms with van der Waals surface area (Å²) in [7, 11) is 1.52. The molecule has 0 aliphatic rings. The quantitative estimate of drug-likeness (QED) is 0.504. The summed E-state index contributed by atoms with van der Waals surface area (Å²) in [6.07, 6.45) is 2.12. The monoisotopic (exact) mass is 404 g/mol. The lowest BCUT2D eigenvalue weighted by Gasteiger charge is -2.07. The van der Waals surface area contributed by atoms with Gasteiger partial charge in [0, 0.05) is 17.7 Å². The van der Waals surface area contributed by atoms with Gasteiger partial charge in [-0.15, -0.1) is 10.2 Å². The Morgan fingerprint density at radius 2 is 2.00 bits per heavy atom. The van der Waals surface area contributed by atoms with E-state index in [0.29, 0.717) is 29.4 Å². The molecule has 0 aliphatic carbocycles. The van der Waals surface area contributed by atoms with Crippen molar-refractivity contribution in [2.45, 2.75) is 19.9 Å². The van der Waals surface area contributed by atoms with E-state index in [1.165, 1.54) is 13.3 Å². The number of hydrogen-bond acceptors (Lipinski definition) is 7. The lowest BCUT2D eigenvalue weighted by atomic mass is 10.1. The summed E-state index contributed by atoms with van der Waals surface area (Å²) in [5, 5.41) is 19.3. The van der Waals surface area contributed by atoms with Crippen molar-refractivity contribution < 1.29 is 14.1 Å². The Kier molecular flexibility index (Phi) is 5.51. The van der Waals surface area contributed by atoms with Gasteiger partial charge in [0.15, 0.2) is 11.6 Å². The molecule has 3 heterocycles. The minimum Gasteiger partial charge on any atom is -0.480 e. The van der Waals surface area contributed by atoms with Crippen LogP contribution in [-0.2, 0) is 13.0 Å². The highest BCUT2D eigenvalue weighted by atomic mass is 16.5. The largest absolute Gasteiger partial charge is 0.480 e. The molecule has 4 rings (SSSR count). The van der Waals surface area contributed by atoms with Crippen LogP contribution in [0.4, 0.5) is 0 Å². The smallest absolute Gasteiger partial charge is 0.255 e. The third-order valence-electron chi connectivity index (χ3n) is 4.55. The third-order valence-corrected chi connectivity index (χ3v) is 4.55. The van der Waals surface area contributed by atoms with Crippen LogP contribution in [0.25, 0.3) is 17.1 Å². The van der Waals surface area contributed by atoms with Gasteiger partial charge in [0.25, 0.3) is 5.91 Å². The SMILES string of the molecule is CCc1c(C(=O)NCc2cc(-c3ccccc3)no2)cnn1-c1ccc(OC)nn1.